The average Bonchev–Trinajstić information content (AvgIpc) is 2.33. The van der Waals surface area contributed by atoms with E-state index in [4.69, 9.17) is 14.7 Å². The second-order valence-corrected chi connectivity index (χ2v) is 5.92. The first-order chi connectivity index (χ1) is 8.92. The number of rotatable bonds is 4. The normalized spacial score (nSPS) is 19.9. The monoisotopic (exact) mass is 268 g/mol. The summed E-state index contributed by atoms with van der Waals surface area (Å²) in [6.45, 7) is 8.14. The van der Waals surface area contributed by atoms with E-state index in [2.05, 4.69) is 0 Å². The Labute approximate surface area is 115 Å². The number of hydrogen-bond acceptors (Lipinski definition) is 4. The van der Waals surface area contributed by atoms with Crippen LogP contribution in [0.1, 0.15) is 40.0 Å². The highest BCUT2D eigenvalue weighted by atomic mass is 16.6. The third-order valence-electron chi connectivity index (χ3n) is 2.88. The van der Waals surface area contributed by atoms with Gasteiger partial charge in [0.25, 0.3) is 0 Å². The van der Waals surface area contributed by atoms with Crippen molar-refractivity contribution < 1.29 is 14.3 Å². The minimum Gasteiger partial charge on any atom is -0.444 e. The van der Waals surface area contributed by atoms with Crippen molar-refractivity contribution in [3.05, 3.63) is 0 Å². The maximum atomic E-state index is 12.0. The minimum absolute atomic E-state index is 0.241. The van der Waals surface area contributed by atoms with Gasteiger partial charge in [-0.1, -0.05) is 0 Å². The number of ether oxygens (including phenoxy) is 2. The molecular weight excluding hydrogens is 244 g/mol. The summed E-state index contributed by atoms with van der Waals surface area (Å²) >= 11 is 0. The van der Waals surface area contributed by atoms with Gasteiger partial charge in [-0.15, -0.1) is 0 Å². The molecule has 19 heavy (non-hydrogen) atoms. The van der Waals surface area contributed by atoms with Crippen LogP contribution in [0.4, 0.5) is 4.79 Å². The SMILES string of the molecule is CC(C)(C)OC(=O)N1CCC[C@H](COCCC#N)C1. The summed E-state index contributed by atoms with van der Waals surface area (Å²) in [5, 5.41) is 8.43. The molecule has 0 aliphatic carbocycles. The lowest BCUT2D eigenvalue weighted by Gasteiger charge is -2.34. The lowest BCUT2D eigenvalue weighted by atomic mass is 9.99. The van der Waals surface area contributed by atoms with Crippen molar-refractivity contribution in [2.24, 2.45) is 5.92 Å². The van der Waals surface area contributed by atoms with Crippen LogP contribution in [0.3, 0.4) is 0 Å². The molecule has 1 fully saturated rings. The Morgan fingerprint density at radius 3 is 2.84 bits per heavy atom. The third kappa shape index (κ3) is 6.44. The molecular formula is C14H24N2O3. The summed E-state index contributed by atoms with van der Waals surface area (Å²) in [7, 11) is 0. The van der Waals surface area contributed by atoms with Crippen molar-refractivity contribution in [3.63, 3.8) is 0 Å². The molecule has 0 aromatic carbocycles. The van der Waals surface area contributed by atoms with Crippen LogP contribution in [-0.4, -0.2) is 42.9 Å². The van der Waals surface area contributed by atoms with Crippen molar-refractivity contribution in [1.29, 1.82) is 5.26 Å². The zero-order chi connectivity index (χ0) is 14.3. The Kier molecular flexibility index (Phi) is 6.10. The first kappa shape index (κ1) is 15.8. The first-order valence-corrected chi connectivity index (χ1v) is 6.85. The number of nitriles is 1. The Hall–Kier alpha value is -1.28. The van der Waals surface area contributed by atoms with E-state index in [1.807, 2.05) is 26.8 Å². The number of hydrogen-bond donors (Lipinski definition) is 0. The first-order valence-electron chi connectivity index (χ1n) is 6.85. The number of likely N-dealkylation sites (tertiary alicyclic amines) is 1. The van der Waals surface area contributed by atoms with Gasteiger partial charge in [-0.25, -0.2) is 4.79 Å². The van der Waals surface area contributed by atoms with E-state index in [9.17, 15) is 4.79 Å². The van der Waals surface area contributed by atoms with E-state index in [1.165, 1.54) is 0 Å². The number of nitrogens with zero attached hydrogens (tertiary/aromatic N) is 2. The van der Waals surface area contributed by atoms with Gasteiger partial charge >= 0.3 is 6.09 Å². The molecule has 1 atom stereocenters. The number of amides is 1. The zero-order valence-corrected chi connectivity index (χ0v) is 12.1. The summed E-state index contributed by atoms with van der Waals surface area (Å²) < 4.78 is 10.8. The van der Waals surface area contributed by atoms with Crippen molar-refractivity contribution in [2.75, 3.05) is 26.3 Å². The summed E-state index contributed by atoms with van der Waals surface area (Å²) in [5.41, 5.74) is -0.451. The molecule has 0 spiro atoms. The Balaban J connectivity index is 2.33. The topological polar surface area (TPSA) is 62.6 Å². The molecule has 0 radical (unpaired) electrons. The Morgan fingerprint density at radius 2 is 2.21 bits per heavy atom. The Morgan fingerprint density at radius 1 is 1.47 bits per heavy atom. The fraction of sp³-hybridized carbons (Fsp3) is 0.857. The van der Waals surface area contributed by atoms with Gasteiger partial charge in [-0.3, -0.25) is 0 Å². The molecule has 1 amide bonds. The highest BCUT2D eigenvalue weighted by Crippen LogP contribution is 2.19. The molecule has 1 aliphatic rings. The lowest BCUT2D eigenvalue weighted by Crippen LogP contribution is -2.43. The van der Waals surface area contributed by atoms with E-state index in [-0.39, 0.29) is 6.09 Å². The predicted octanol–water partition coefficient (Wildman–Crippen LogP) is 2.56. The van der Waals surface area contributed by atoms with Crippen LogP contribution < -0.4 is 0 Å². The fourth-order valence-corrected chi connectivity index (χ4v) is 2.06. The molecule has 0 aromatic heterocycles. The number of carbonyl (C=O) groups excluding carboxylic acids is 1. The van der Waals surface area contributed by atoms with E-state index >= 15 is 0 Å². The minimum atomic E-state index is -0.451. The zero-order valence-electron chi connectivity index (χ0n) is 12.1. The van der Waals surface area contributed by atoms with E-state index in [0.717, 1.165) is 19.4 Å². The summed E-state index contributed by atoms with van der Waals surface area (Å²) in [6.07, 6.45) is 2.22. The smallest absolute Gasteiger partial charge is 0.410 e. The van der Waals surface area contributed by atoms with Gasteiger partial charge in [-0.2, -0.15) is 5.26 Å². The Bertz CT molecular complexity index is 331. The molecule has 0 aromatic rings. The highest BCUT2D eigenvalue weighted by molar-refractivity contribution is 5.68. The molecule has 0 unspecified atom stereocenters. The van der Waals surface area contributed by atoms with Crippen LogP contribution in [0, 0.1) is 17.2 Å². The van der Waals surface area contributed by atoms with Crippen molar-refractivity contribution in [2.45, 2.75) is 45.6 Å². The molecule has 0 saturated carbocycles. The molecule has 5 nitrogen and oxygen atoms in total. The van der Waals surface area contributed by atoms with Crippen LogP contribution in [0.25, 0.3) is 0 Å². The van der Waals surface area contributed by atoms with E-state index in [0.29, 0.717) is 32.1 Å². The van der Waals surface area contributed by atoms with Crippen LogP contribution in [0.5, 0.6) is 0 Å². The van der Waals surface area contributed by atoms with Crippen LogP contribution in [0.15, 0.2) is 0 Å². The van der Waals surface area contributed by atoms with Crippen molar-refractivity contribution >= 4 is 6.09 Å². The quantitative estimate of drug-likeness (QED) is 0.735. The molecule has 0 N–H and O–H groups in total. The van der Waals surface area contributed by atoms with Crippen LogP contribution >= 0.6 is 0 Å². The highest BCUT2D eigenvalue weighted by Gasteiger charge is 2.27. The van der Waals surface area contributed by atoms with Crippen LogP contribution in [0.2, 0.25) is 0 Å². The predicted molar refractivity (Wildman–Crippen MR) is 71.6 cm³/mol. The summed E-state index contributed by atoms with van der Waals surface area (Å²) in [6, 6.07) is 2.05. The third-order valence-corrected chi connectivity index (χ3v) is 2.88. The van der Waals surface area contributed by atoms with Gasteiger partial charge in [0.15, 0.2) is 0 Å². The summed E-state index contributed by atoms with van der Waals surface area (Å²) in [5.74, 6) is 0.347. The number of piperidine rings is 1. The molecule has 108 valence electrons. The molecule has 0 bridgehead atoms. The second-order valence-electron chi connectivity index (χ2n) is 5.92. The van der Waals surface area contributed by atoms with E-state index < -0.39 is 5.60 Å². The molecule has 1 heterocycles. The molecule has 1 rings (SSSR count). The largest absolute Gasteiger partial charge is 0.444 e. The van der Waals surface area contributed by atoms with Gasteiger partial charge in [0.1, 0.15) is 5.60 Å². The lowest BCUT2D eigenvalue weighted by molar-refractivity contribution is 0.00792. The van der Waals surface area contributed by atoms with Crippen molar-refractivity contribution in [3.8, 4) is 6.07 Å². The van der Waals surface area contributed by atoms with Crippen molar-refractivity contribution in [1.82, 2.24) is 4.90 Å². The van der Waals surface area contributed by atoms with E-state index in [1.54, 1.807) is 4.90 Å². The van der Waals surface area contributed by atoms with Gasteiger partial charge in [0.2, 0.25) is 0 Å². The molecule has 1 aliphatic heterocycles. The van der Waals surface area contributed by atoms with Gasteiger partial charge < -0.3 is 14.4 Å². The maximum absolute atomic E-state index is 12.0. The van der Waals surface area contributed by atoms with Crippen LogP contribution in [-0.2, 0) is 9.47 Å². The number of carbonyl (C=O) groups is 1. The fourth-order valence-electron chi connectivity index (χ4n) is 2.06. The van der Waals surface area contributed by atoms with Gasteiger partial charge in [0.05, 0.1) is 25.7 Å². The van der Waals surface area contributed by atoms with Gasteiger partial charge in [0, 0.05) is 19.0 Å². The average molecular weight is 268 g/mol. The summed E-state index contributed by atoms with van der Waals surface area (Å²) in [4.78, 5) is 13.7. The standard InChI is InChI=1S/C14H24N2O3/c1-14(2,3)19-13(17)16-8-4-6-12(10-16)11-18-9-5-7-15/h12H,4-6,8-11H2,1-3H3/t12-/m0/s1. The maximum Gasteiger partial charge on any atom is 0.410 e. The van der Waals surface area contributed by atoms with Gasteiger partial charge in [-0.05, 0) is 33.6 Å². The second kappa shape index (κ2) is 7.34. The molecule has 1 saturated heterocycles. The molecule has 5 heteroatoms.